The van der Waals surface area contributed by atoms with Gasteiger partial charge in [0.2, 0.25) is 0 Å². The molecule has 204 valence electrons. The zero-order valence-corrected chi connectivity index (χ0v) is 22.5. The summed E-state index contributed by atoms with van der Waals surface area (Å²) < 4.78 is 25.9. The van der Waals surface area contributed by atoms with Crippen molar-refractivity contribution in [3.05, 3.63) is 82.4 Å². The van der Waals surface area contributed by atoms with Gasteiger partial charge in [0.05, 0.1) is 28.6 Å². The summed E-state index contributed by atoms with van der Waals surface area (Å²) >= 11 is 0. The molecule has 0 unspecified atom stereocenters. The van der Waals surface area contributed by atoms with Crippen molar-refractivity contribution in [1.29, 1.82) is 0 Å². The fraction of sp³-hybridized carbons (Fsp3) is 0.310. The quantitative estimate of drug-likeness (QED) is 0.226. The molecular weight excluding hydrogens is 504 g/mol. The number of anilines is 3. The number of carbonyl (C=O) groups is 2. The van der Waals surface area contributed by atoms with Crippen molar-refractivity contribution in [2.75, 3.05) is 16.9 Å². The summed E-state index contributed by atoms with van der Waals surface area (Å²) in [6.45, 7) is 10.4. The van der Waals surface area contributed by atoms with Crippen LogP contribution in [0.15, 0.2) is 54.6 Å². The Morgan fingerprint density at radius 1 is 0.816 bits per heavy atom. The Balaban J connectivity index is 0.000000774. The number of hydrogen-bond donors (Lipinski definition) is 4. The molecule has 38 heavy (non-hydrogen) atoms. The lowest BCUT2D eigenvalue weighted by atomic mass is 9.81. The van der Waals surface area contributed by atoms with E-state index in [4.69, 9.17) is 4.55 Å². The average molecular weight is 541 g/mol. The van der Waals surface area contributed by atoms with Crippen LogP contribution in [0.1, 0.15) is 79.5 Å². The first-order chi connectivity index (χ1) is 17.1. The molecule has 0 bridgehead atoms. The lowest BCUT2D eigenvalue weighted by molar-refractivity contribution is 0.0978. The lowest BCUT2D eigenvalue weighted by Gasteiger charge is -2.25. The normalized spacial score (nSPS) is 12.5. The Morgan fingerprint density at radius 3 is 1.87 bits per heavy atom. The molecule has 1 aliphatic rings. The van der Waals surface area contributed by atoms with E-state index in [-0.39, 0.29) is 52.9 Å². The second-order valence-corrected chi connectivity index (χ2v) is 11.7. The summed E-state index contributed by atoms with van der Waals surface area (Å²) in [6.07, 6.45) is 0.715. The van der Waals surface area contributed by atoms with E-state index in [0.717, 1.165) is 5.69 Å². The van der Waals surface area contributed by atoms with Crippen LogP contribution in [-0.4, -0.2) is 41.9 Å². The smallest absolute Gasteiger partial charge is 0.261 e. The summed E-state index contributed by atoms with van der Waals surface area (Å²) in [4.78, 5) is 27.0. The zero-order valence-electron chi connectivity index (χ0n) is 21.7. The predicted molar refractivity (Wildman–Crippen MR) is 153 cm³/mol. The molecule has 0 heterocycles. The van der Waals surface area contributed by atoms with Gasteiger partial charge in [0.1, 0.15) is 5.75 Å². The molecule has 4 N–H and O–H groups in total. The largest absolute Gasteiger partial charge is 0.507 e. The second-order valence-electron chi connectivity index (χ2n) is 10.3. The van der Waals surface area contributed by atoms with Crippen LogP contribution >= 0.6 is 0 Å². The first kappa shape index (κ1) is 30.5. The average Bonchev–Trinajstić information content (AvgIpc) is 2.76. The Bertz CT molecular complexity index is 1450. The standard InChI is InChI=1S/C27H28N2O3.CH4O3S.CH4/c1-15(2)28-19-13-14-20(29-17-11-9-16(10-12-17)27(3,4)5)24-23(19)25(31)18-7-6-8-21(30)22(18)26(24)32;1-5(2,3)4;/h6-15,28-30H,1-5H3;1H3,(H,2,3,4);1H4. The van der Waals surface area contributed by atoms with Gasteiger partial charge in [0.15, 0.2) is 11.6 Å². The highest BCUT2D eigenvalue weighted by Gasteiger charge is 2.36. The predicted octanol–water partition coefficient (Wildman–Crippen LogP) is 6.17. The number of aromatic hydroxyl groups is 1. The van der Waals surface area contributed by atoms with Gasteiger partial charge in [0.25, 0.3) is 10.1 Å². The molecule has 8 nitrogen and oxygen atoms in total. The van der Waals surface area contributed by atoms with Gasteiger partial charge in [-0.15, -0.1) is 0 Å². The molecule has 3 aromatic rings. The number of carbonyl (C=O) groups excluding carboxylic acids is 2. The van der Waals surface area contributed by atoms with Gasteiger partial charge in [0, 0.05) is 23.0 Å². The van der Waals surface area contributed by atoms with E-state index in [1.807, 2.05) is 32.0 Å². The minimum absolute atomic E-state index is 0. The molecule has 0 amide bonds. The van der Waals surface area contributed by atoms with E-state index >= 15 is 0 Å². The van der Waals surface area contributed by atoms with Crippen LogP contribution < -0.4 is 10.6 Å². The van der Waals surface area contributed by atoms with Gasteiger partial charge in [-0.3, -0.25) is 14.1 Å². The SMILES string of the molecule is C.CC(C)Nc1ccc(Nc2ccc(C(C)(C)C)cc2)c2c1C(=O)c1cccc(O)c1C2=O.CS(=O)(=O)O. The summed E-state index contributed by atoms with van der Waals surface area (Å²) in [6, 6.07) is 16.3. The van der Waals surface area contributed by atoms with Crippen LogP contribution in [-0.2, 0) is 15.5 Å². The second kappa shape index (κ2) is 11.4. The first-order valence-corrected chi connectivity index (χ1v) is 13.6. The molecule has 0 aromatic heterocycles. The summed E-state index contributed by atoms with van der Waals surface area (Å²) in [5.41, 5.74) is 4.07. The van der Waals surface area contributed by atoms with Crippen LogP contribution in [0.25, 0.3) is 0 Å². The number of hydrogen-bond acceptors (Lipinski definition) is 7. The van der Waals surface area contributed by atoms with Crippen LogP contribution in [0, 0.1) is 0 Å². The molecule has 0 aliphatic heterocycles. The van der Waals surface area contributed by atoms with Gasteiger partial charge < -0.3 is 15.7 Å². The number of nitrogens with one attached hydrogen (secondary N) is 2. The highest BCUT2D eigenvalue weighted by atomic mass is 32.2. The number of ketones is 2. The number of fused-ring (bicyclic) bond motifs is 2. The van der Waals surface area contributed by atoms with Gasteiger partial charge >= 0.3 is 0 Å². The number of benzene rings is 3. The van der Waals surface area contributed by atoms with Gasteiger partial charge in [-0.25, -0.2) is 0 Å². The highest BCUT2D eigenvalue weighted by molar-refractivity contribution is 7.85. The van der Waals surface area contributed by atoms with Gasteiger partial charge in [-0.1, -0.05) is 52.5 Å². The lowest BCUT2D eigenvalue weighted by Crippen LogP contribution is -2.25. The molecule has 1 aliphatic carbocycles. The molecule has 0 saturated heterocycles. The van der Waals surface area contributed by atoms with Crippen molar-refractivity contribution in [2.24, 2.45) is 0 Å². The molecule has 0 spiro atoms. The van der Waals surface area contributed by atoms with Crippen molar-refractivity contribution in [1.82, 2.24) is 0 Å². The maximum absolute atomic E-state index is 13.5. The van der Waals surface area contributed by atoms with Crippen molar-refractivity contribution in [2.45, 2.75) is 53.5 Å². The molecule has 4 rings (SSSR count). The minimum Gasteiger partial charge on any atom is -0.507 e. The number of rotatable bonds is 4. The van der Waals surface area contributed by atoms with E-state index in [9.17, 15) is 23.1 Å². The third-order valence-corrected chi connectivity index (χ3v) is 5.65. The highest BCUT2D eigenvalue weighted by Crippen LogP contribution is 2.40. The maximum Gasteiger partial charge on any atom is 0.261 e. The first-order valence-electron chi connectivity index (χ1n) is 11.7. The van der Waals surface area contributed by atoms with Crippen LogP contribution in [0.4, 0.5) is 17.1 Å². The van der Waals surface area contributed by atoms with Crippen LogP contribution in [0.5, 0.6) is 5.75 Å². The zero-order chi connectivity index (χ0) is 27.7. The van der Waals surface area contributed by atoms with E-state index in [0.29, 0.717) is 23.2 Å². The van der Waals surface area contributed by atoms with Crippen molar-refractivity contribution in [3.8, 4) is 5.75 Å². The number of phenolic OH excluding ortho intramolecular Hbond substituents is 1. The Morgan fingerprint density at radius 2 is 1.34 bits per heavy atom. The van der Waals surface area contributed by atoms with E-state index < -0.39 is 10.1 Å². The van der Waals surface area contributed by atoms with Crippen molar-refractivity contribution >= 4 is 38.7 Å². The summed E-state index contributed by atoms with van der Waals surface area (Å²) in [7, 11) is -3.67. The summed E-state index contributed by atoms with van der Waals surface area (Å²) in [5, 5.41) is 17.0. The minimum atomic E-state index is -3.67. The van der Waals surface area contributed by atoms with E-state index in [2.05, 4.69) is 43.5 Å². The topological polar surface area (TPSA) is 133 Å². The molecule has 0 saturated carbocycles. The molecule has 0 fully saturated rings. The monoisotopic (exact) mass is 540 g/mol. The molecule has 0 radical (unpaired) electrons. The molecule has 9 heteroatoms. The number of phenols is 1. The Kier molecular flexibility index (Phi) is 9.13. The molecule has 3 aromatic carbocycles. The fourth-order valence-corrected chi connectivity index (χ4v) is 4.05. The van der Waals surface area contributed by atoms with Gasteiger partial charge in [-0.05, 0) is 55.2 Å². The maximum atomic E-state index is 13.5. The Labute approximate surface area is 224 Å². The Hall–Kier alpha value is -3.69. The van der Waals surface area contributed by atoms with Crippen LogP contribution in [0.3, 0.4) is 0 Å². The third kappa shape index (κ3) is 6.99. The molecular formula is C29H36N2O6S. The molecule has 0 atom stereocenters. The third-order valence-electron chi connectivity index (χ3n) is 5.65. The van der Waals surface area contributed by atoms with E-state index in [1.165, 1.54) is 11.6 Å². The van der Waals surface area contributed by atoms with E-state index in [1.54, 1.807) is 18.2 Å². The summed E-state index contributed by atoms with van der Waals surface area (Å²) in [5.74, 6) is -0.830. The fourth-order valence-electron chi connectivity index (χ4n) is 4.05. The van der Waals surface area contributed by atoms with Gasteiger partial charge in [-0.2, -0.15) is 8.42 Å². The van der Waals surface area contributed by atoms with Crippen molar-refractivity contribution in [3.63, 3.8) is 0 Å². The van der Waals surface area contributed by atoms with Crippen LogP contribution in [0.2, 0.25) is 0 Å². The van der Waals surface area contributed by atoms with Crippen molar-refractivity contribution < 1.29 is 27.7 Å².